The largest absolute Gasteiger partial charge is 0.327 e. The topological polar surface area (TPSA) is 15.6 Å². The molecule has 2 nitrogen and oxygen atoms in total. The van der Waals surface area contributed by atoms with Gasteiger partial charge in [0.1, 0.15) is 5.84 Å². The van der Waals surface area contributed by atoms with E-state index in [2.05, 4.69) is 60.2 Å². The van der Waals surface area contributed by atoms with Crippen LogP contribution in [0.1, 0.15) is 20.3 Å². The van der Waals surface area contributed by atoms with Gasteiger partial charge >= 0.3 is 0 Å². The number of aliphatic imine (C=N–C) groups is 1. The quantitative estimate of drug-likeness (QED) is 0.655. The second kappa shape index (κ2) is 4.52. The van der Waals surface area contributed by atoms with Crippen LogP contribution >= 0.6 is 0 Å². The van der Waals surface area contributed by atoms with Crippen LogP contribution in [0.2, 0.25) is 0 Å². The Labute approximate surface area is 97.4 Å². The Kier molecular flexibility index (Phi) is 3.09. The van der Waals surface area contributed by atoms with Crippen molar-refractivity contribution in [3.05, 3.63) is 47.7 Å². The average molecular weight is 214 g/mol. The summed E-state index contributed by atoms with van der Waals surface area (Å²) in [7, 11) is 1.87. The second-order valence-electron chi connectivity index (χ2n) is 4.29. The number of hydrogen-bond donors (Lipinski definition) is 0. The summed E-state index contributed by atoms with van der Waals surface area (Å²) in [6.07, 6.45) is 13.6. The molecule has 0 radical (unpaired) electrons. The van der Waals surface area contributed by atoms with Crippen molar-refractivity contribution in [2.24, 2.45) is 4.99 Å². The number of hydrogen-bond acceptors (Lipinski definition) is 1. The number of fused-ring (bicyclic) bond motifs is 1. The Morgan fingerprint density at radius 3 is 2.44 bits per heavy atom. The Morgan fingerprint density at radius 1 is 1.12 bits per heavy atom. The summed E-state index contributed by atoms with van der Waals surface area (Å²) in [6, 6.07) is 0.452. The molecule has 1 heterocycles. The molecule has 2 heteroatoms. The van der Waals surface area contributed by atoms with Crippen LogP contribution in [-0.4, -0.2) is 23.8 Å². The van der Waals surface area contributed by atoms with Crippen LogP contribution in [0.15, 0.2) is 52.7 Å². The molecule has 0 aromatic rings. The van der Waals surface area contributed by atoms with Gasteiger partial charge in [0.25, 0.3) is 0 Å². The van der Waals surface area contributed by atoms with Gasteiger partial charge in [-0.15, -0.1) is 0 Å². The predicted octanol–water partition coefficient (Wildman–Crippen LogP) is 3.07. The molecule has 2 aliphatic rings. The van der Waals surface area contributed by atoms with Gasteiger partial charge in [0.15, 0.2) is 0 Å². The number of amidine groups is 1. The summed E-state index contributed by atoms with van der Waals surface area (Å²) >= 11 is 0. The van der Waals surface area contributed by atoms with Crippen LogP contribution in [-0.2, 0) is 0 Å². The minimum atomic E-state index is 0.452. The highest BCUT2D eigenvalue weighted by Crippen LogP contribution is 2.31. The molecule has 1 saturated heterocycles. The molecule has 0 saturated carbocycles. The average Bonchev–Trinajstić information content (AvgIpc) is 2.55. The van der Waals surface area contributed by atoms with Crippen molar-refractivity contribution in [1.29, 1.82) is 0 Å². The zero-order valence-electron chi connectivity index (χ0n) is 10.1. The molecule has 0 aromatic carbocycles. The fourth-order valence-electron chi connectivity index (χ4n) is 2.18. The van der Waals surface area contributed by atoms with Crippen molar-refractivity contribution < 1.29 is 0 Å². The Balaban J connectivity index is 2.46. The van der Waals surface area contributed by atoms with Crippen molar-refractivity contribution >= 4 is 5.84 Å². The van der Waals surface area contributed by atoms with Gasteiger partial charge in [-0.05, 0) is 25.5 Å². The zero-order chi connectivity index (χ0) is 11.5. The first-order valence-corrected chi connectivity index (χ1v) is 5.73. The summed E-state index contributed by atoms with van der Waals surface area (Å²) in [5.41, 5.74) is 2.64. The van der Waals surface area contributed by atoms with Crippen molar-refractivity contribution in [2.45, 2.75) is 26.3 Å². The van der Waals surface area contributed by atoms with Crippen molar-refractivity contribution in [1.82, 2.24) is 4.90 Å². The molecule has 1 fully saturated rings. The minimum Gasteiger partial charge on any atom is -0.327 e. The van der Waals surface area contributed by atoms with E-state index in [0.29, 0.717) is 6.04 Å². The lowest BCUT2D eigenvalue weighted by molar-refractivity contribution is 0.444. The fourth-order valence-corrected chi connectivity index (χ4v) is 2.18. The predicted molar refractivity (Wildman–Crippen MR) is 69.4 cm³/mol. The van der Waals surface area contributed by atoms with Gasteiger partial charge in [0.05, 0.1) is 0 Å². The normalized spacial score (nSPS) is 26.0. The van der Waals surface area contributed by atoms with Crippen LogP contribution < -0.4 is 0 Å². The van der Waals surface area contributed by atoms with Crippen molar-refractivity contribution in [3.8, 4) is 0 Å². The van der Waals surface area contributed by atoms with E-state index in [-0.39, 0.29) is 0 Å². The van der Waals surface area contributed by atoms with E-state index >= 15 is 0 Å². The van der Waals surface area contributed by atoms with Gasteiger partial charge in [-0.1, -0.05) is 30.4 Å². The number of allylic oxidation sites excluding steroid dienone is 7. The van der Waals surface area contributed by atoms with Crippen LogP contribution in [0.3, 0.4) is 0 Å². The molecular formula is C14H18N2. The molecule has 0 N–H and O–H groups in total. The monoisotopic (exact) mass is 214 g/mol. The van der Waals surface area contributed by atoms with E-state index < -0.39 is 0 Å². The Hall–Kier alpha value is -1.57. The lowest BCUT2D eigenvalue weighted by Crippen LogP contribution is -2.30. The molecule has 2 rings (SSSR count). The summed E-state index contributed by atoms with van der Waals surface area (Å²) in [5, 5.41) is 0. The summed E-state index contributed by atoms with van der Waals surface area (Å²) < 4.78 is 0. The first-order chi connectivity index (χ1) is 7.74. The lowest BCUT2D eigenvalue weighted by atomic mass is 10.1. The highest BCUT2D eigenvalue weighted by Gasteiger charge is 2.29. The lowest BCUT2D eigenvalue weighted by Gasteiger charge is -2.25. The van der Waals surface area contributed by atoms with Gasteiger partial charge in [-0.2, -0.15) is 0 Å². The standard InChI is InChI=1S/C14H18N2/c1-11(2)16-13-9-7-5-4-6-8-12(13)10-14(16)15-3/h4-9,11H,10H2,1-3H3/b5-4?,6-4-,7-5-,8-6?,9-7?,12-8?,13-9?,15-14?. The van der Waals surface area contributed by atoms with Crippen LogP contribution in [0, 0.1) is 0 Å². The van der Waals surface area contributed by atoms with E-state index in [9.17, 15) is 0 Å². The van der Waals surface area contributed by atoms with E-state index in [0.717, 1.165) is 12.3 Å². The molecule has 0 atom stereocenters. The molecule has 0 aromatic heterocycles. The smallest absolute Gasteiger partial charge is 0.108 e. The molecule has 1 aliphatic heterocycles. The van der Waals surface area contributed by atoms with Gasteiger partial charge in [-0.25, -0.2) is 0 Å². The number of rotatable bonds is 1. The Bertz CT molecular complexity index is 420. The van der Waals surface area contributed by atoms with E-state index in [1.807, 2.05) is 7.05 Å². The maximum atomic E-state index is 4.39. The minimum absolute atomic E-state index is 0.452. The van der Waals surface area contributed by atoms with Gasteiger partial charge in [0, 0.05) is 25.2 Å². The van der Waals surface area contributed by atoms with Gasteiger partial charge in [-0.3, -0.25) is 4.99 Å². The third-order valence-corrected chi connectivity index (χ3v) is 2.87. The number of nitrogens with zero attached hydrogens (tertiary/aromatic N) is 2. The maximum Gasteiger partial charge on any atom is 0.108 e. The summed E-state index contributed by atoms with van der Waals surface area (Å²) in [4.78, 5) is 6.70. The summed E-state index contributed by atoms with van der Waals surface area (Å²) in [5.74, 6) is 1.16. The van der Waals surface area contributed by atoms with E-state index in [1.54, 1.807) is 0 Å². The Morgan fingerprint density at radius 2 is 1.81 bits per heavy atom. The molecule has 16 heavy (non-hydrogen) atoms. The number of likely N-dealkylation sites (tertiary alicyclic amines) is 1. The molecular weight excluding hydrogens is 196 g/mol. The molecule has 1 aliphatic carbocycles. The van der Waals surface area contributed by atoms with E-state index in [1.165, 1.54) is 11.3 Å². The fraction of sp³-hybridized carbons (Fsp3) is 0.357. The van der Waals surface area contributed by atoms with Crippen LogP contribution in [0.5, 0.6) is 0 Å². The molecule has 0 bridgehead atoms. The van der Waals surface area contributed by atoms with Crippen LogP contribution in [0.4, 0.5) is 0 Å². The third-order valence-electron chi connectivity index (χ3n) is 2.87. The van der Waals surface area contributed by atoms with Crippen molar-refractivity contribution in [3.63, 3.8) is 0 Å². The van der Waals surface area contributed by atoms with Gasteiger partial charge in [0.2, 0.25) is 0 Å². The first kappa shape index (κ1) is 10.9. The highest BCUT2D eigenvalue weighted by molar-refractivity contribution is 5.92. The highest BCUT2D eigenvalue weighted by atomic mass is 15.2. The molecule has 0 unspecified atom stereocenters. The molecule has 0 amide bonds. The molecule has 0 spiro atoms. The van der Waals surface area contributed by atoms with Crippen molar-refractivity contribution in [2.75, 3.05) is 7.05 Å². The van der Waals surface area contributed by atoms with Gasteiger partial charge < -0.3 is 4.90 Å². The SMILES string of the molecule is CN=C1CC2=C/C=C\C=C/C=C2N1C(C)C. The molecule has 84 valence electrons. The van der Waals surface area contributed by atoms with Crippen LogP contribution in [0.25, 0.3) is 0 Å². The third kappa shape index (κ3) is 1.87. The summed E-state index contributed by atoms with van der Waals surface area (Å²) in [6.45, 7) is 4.40. The maximum absolute atomic E-state index is 4.39. The first-order valence-electron chi connectivity index (χ1n) is 5.73. The zero-order valence-corrected chi connectivity index (χ0v) is 10.1. The second-order valence-corrected chi connectivity index (χ2v) is 4.29. The van der Waals surface area contributed by atoms with E-state index in [4.69, 9.17) is 0 Å².